The molecule has 22 heavy (non-hydrogen) atoms. The maximum atomic E-state index is 12.1. The molecule has 1 saturated heterocycles. The molecule has 8 heteroatoms. The second-order valence-electron chi connectivity index (χ2n) is 5.21. The van der Waals surface area contributed by atoms with Crippen LogP contribution in [0.2, 0.25) is 5.02 Å². The summed E-state index contributed by atoms with van der Waals surface area (Å²) >= 11 is 5.77. The van der Waals surface area contributed by atoms with Crippen LogP contribution in [0, 0.1) is 6.92 Å². The Morgan fingerprint density at radius 3 is 3.09 bits per heavy atom. The predicted molar refractivity (Wildman–Crippen MR) is 80.5 cm³/mol. The molecule has 1 fully saturated rings. The molecule has 1 atom stereocenters. The summed E-state index contributed by atoms with van der Waals surface area (Å²) in [4.78, 5) is 22.5. The second-order valence-corrected chi connectivity index (χ2v) is 5.65. The van der Waals surface area contributed by atoms with Crippen molar-refractivity contribution in [3.05, 3.63) is 35.1 Å². The number of halogens is 1. The van der Waals surface area contributed by atoms with Gasteiger partial charge >= 0.3 is 0 Å². The highest BCUT2D eigenvalue weighted by molar-refractivity contribution is 6.30. The van der Waals surface area contributed by atoms with Gasteiger partial charge in [0.15, 0.2) is 5.82 Å². The van der Waals surface area contributed by atoms with Gasteiger partial charge in [-0.15, -0.1) is 0 Å². The van der Waals surface area contributed by atoms with Crippen LogP contribution in [-0.4, -0.2) is 39.0 Å². The first-order chi connectivity index (χ1) is 10.6. The van der Waals surface area contributed by atoms with Crippen molar-refractivity contribution >= 4 is 23.3 Å². The van der Waals surface area contributed by atoms with Crippen molar-refractivity contribution in [3.8, 4) is 0 Å². The zero-order chi connectivity index (χ0) is 15.5. The molecule has 3 rings (SSSR count). The quantitative estimate of drug-likeness (QED) is 0.929. The summed E-state index contributed by atoms with van der Waals surface area (Å²) in [5.74, 6) is 1.55. The highest BCUT2D eigenvalue weighted by Gasteiger charge is 2.31. The van der Waals surface area contributed by atoms with Crippen LogP contribution in [0.15, 0.2) is 22.9 Å². The normalized spacial score (nSPS) is 18.5. The van der Waals surface area contributed by atoms with E-state index in [-0.39, 0.29) is 18.5 Å². The summed E-state index contributed by atoms with van der Waals surface area (Å²) in [5.41, 5.74) is 0. The average molecular weight is 322 g/mol. The Kier molecular flexibility index (Phi) is 4.35. The molecule has 0 bridgehead atoms. The van der Waals surface area contributed by atoms with Crippen LogP contribution in [0.1, 0.15) is 30.6 Å². The molecule has 0 spiro atoms. The Bertz CT molecular complexity index is 658. The van der Waals surface area contributed by atoms with Crippen LogP contribution in [0.3, 0.4) is 0 Å². The van der Waals surface area contributed by atoms with Crippen molar-refractivity contribution in [1.82, 2.24) is 20.0 Å². The number of hydrogen-bond acceptors (Lipinski definition) is 6. The van der Waals surface area contributed by atoms with E-state index in [1.165, 1.54) is 6.20 Å². The fraction of sp³-hybridized carbons (Fsp3) is 0.429. The fourth-order valence-corrected chi connectivity index (χ4v) is 2.69. The Balaban J connectivity index is 1.61. The van der Waals surface area contributed by atoms with E-state index >= 15 is 0 Å². The molecule has 1 aliphatic rings. The Labute approximate surface area is 132 Å². The SMILES string of the molecule is Cc1nc([C@@H]2CCCN2CC(=O)Nc2ccc(Cl)cn2)no1. The Morgan fingerprint density at radius 1 is 1.55 bits per heavy atom. The molecule has 0 saturated carbocycles. The third kappa shape index (κ3) is 3.42. The number of aryl methyl sites for hydroxylation is 1. The van der Waals surface area contributed by atoms with E-state index in [9.17, 15) is 4.79 Å². The van der Waals surface area contributed by atoms with Gasteiger partial charge in [-0.05, 0) is 31.5 Å². The number of carbonyl (C=O) groups excluding carboxylic acids is 1. The first-order valence-corrected chi connectivity index (χ1v) is 7.45. The minimum absolute atomic E-state index is 0.0291. The lowest BCUT2D eigenvalue weighted by Crippen LogP contribution is -2.33. The van der Waals surface area contributed by atoms with Gasteiger partial charge in [-0.25, -0.2) is 4.98 Å². The number of likely N-dealkylation sites (tertiary alicyclic amines) is 1. The molecule has 116 valence electrons. The smallest absolute Gasteiger partial charge is 0.239 e. The summed E-state index contributed by atoms with van der Waals surface area (Å²) in [6.07, 6.45) is 3.42. The molecular weight excluding hydrogens is 306 g/mol. The molecule has 3 heterocycles. The largest absolute Gasteiger partial charge is 0.340 e. The highest BCUT2D eigenvalue weighted by Crippen LogP contribution is 2.29. The molecule has 0 aliphatic carbocycles. The number of nitrogens with zero attached hydrogens (tertiary/aromatic N) is 4. The van der Waals surface area contributed by atoms with Crippen LogP contribution in [0.4, 0.5) is 5.82 Å². The Morgan fingerprint density at radius 2 is 2.41 bits per heavy atom. The van der Waals surface area contributed by atoms with Gasteiger partial charge in [-0.3, -0.25) is 9.69 Å². The molecule has 0 unspecified atom stereocenters. The summed E-state index contributed by atoms with van der Waals surface area (Å²) in [6, 6.07) is 3.39. The van der Waals surface area contributed by atoms with E-state index in [1.54, 1.807) is 19.1 Å². The van der Waals surface area contributed by atoms with Gasteiger partial charge in [0.05, 0.1) is 17.6 Å². The molecule has 2 aromatic rings. The van der Waals surface area contributed by atoms with Gasteiger partial charge in [-0.1, -0.05) is 16.8 Å². The van der Waals surface area contributed by atoms with E-state index in [1.807, 2.05) is 0 Å². The first kappa shape index (κ1) is 14.9. The topological polar surface area (TPSA) is 84.2 Å². The van der Waals surface area contributed by atoms with Crippen LogP contribution >= 0.6 is 11.6 Å². The third-order valence-corrected chi connectivity index (χ3v) is 3.77. The second kappa shape index (κ2) is 6.41. The molecule has 0 radical (unpaired) electrons. The van der Waals surface area contributed by atoms with E-state index in [4.69, 9.17) is 16.1 Å². The van der Waals surface area contributed by atoms with Gasteiger partial charge in [0.2, 0.25) is 11.8 Å². The molecule has 2 aromatic heterocycles. The first-order valence-electron chi connectivity index (χ1n) is 7.07. The lowest BCUT2D eigenvalue weighted by molar-refractivity contribution is -0.117. The zero-order valence-electron chi connectivity index (χ0n) is 12.1. The highest BCUT2D eigenvalue weighted by atomic mass is 35.5. The van der Waals surface area contributed by atoms with Crippen molar-refractivity contribution in [2.75, 3.05) is 18.4 Å². The van der Waals surface area contributed by atoms with Crippen LogP contribution in [-0.2, 0) is 4.79 Å². The summed E-state index contributed by atoms with van der Waals surface area (Å²) in [7, 11) is 0. The lowest BCUT2D eigenvalue weighted by atomic mass is 10.2. The molecule has 1 amide bonds. The number of hydrogen-bond donors (Lipinski definition) is 1. The number of aromatic nitrogens is 3. The Hall–Kier alpha value is -1.99. The number of pyridine rings is 1. The van der Waals surface area contributed by atoms with Gasteiger partial charge in [0, 0.05) is 13.1 Å². The van der Waals surface area contributed by atoms with Gasteiger partial charge < -0.3 is 9.84 Å². The van der Waals surface area contributed by atoms with E-state index in [2.05, 4.69) is 25.3 Å². The summed E-state index contributed by atoms with van der Waals surface area (Å²) < 4.78 is 5.03. The van der Waals surface area contributed by atoms with Gasteiger partial charge in [0.1, 0.15) is 5.82 Å². The molecule has 7 nitrogen and oxygen atoms in total. The predicted octanol–water partition coefficient (Wildman–Crippen LogP) is 2.20. The van der Waals surface area contributed by atoms with E-state index in [0.29, 0.717) is 22.6 Å². The molecule has 1 aliphatic heterocycles. The minimum atomic E-state index is -0.123. The fourth-order valence-electron chi connectivity index (χ4n) is 2.57. The van der Waals surface area contributed by atoms with Gasteiger partial charge in [0.25, 0.3) is 0 Å². The summed E-state index contributed by atoms with van der Waals surface area (Å²) in [6.45, 7) is 2.86. The standard InChI is InChI=1S/C14H16ClN5O2/c1-9-17-14(19-22-9)11-3-2-6-20(11)8-13(21)18-12-5-4-10(15)7-16-12/h4-5,7,11H,2-3,6,8H2,1H3,(H,16,18,21)/t11-/m0/s1. The molecular formula is C14H16ClN5O2. The van der Waals surface area contributed by atoms with Crippen molar-refractivity contribution in [3.63, 3.8) is 0 Å². The van der Waals surface area contributed by atoms with Crippen molar-refractivity contribution in [2.45, 2.75) is 25.8 Å². The van der Waals surface area contributed by atoms with Crippen molar-refractivity contribution in [2.24, 2.45) is 0 Å². The van der Waals surface area contributed by atoms with Crippen LogP contribution in [0.5, 0.6) is 0 Å². The number of anilines is 1. The minimum Gasteiger partial charge on any atom is -0.340 e. The lowest BCUT2D eigenvalue weighted by Gasteiger charge is -2.20. The summed E-state index contributed by atoms with van der Waals surface area (Å²) in [5, 5.41) is 7.25. The zero-order valence-corrected chi connectivity index (χ0v) is 12.9. The molecule has 1 N–H and O–H groups in total. The van der Waals surface area contributed by atoms with Gasteiger partial charge in [-0.2, -0.15) is 4.98 Å². The van der Waals surface area contributed by atoms with E-state index < -0.39 is 0 Å². The average Bonchev–Trinajstić information content (AvgIpc) is 3.10. The number of amides is 1. The van der Waals surface area contributed by atoms with Crippen LogP contribution in [0.25, 0.3) is 0 Å². The van der Waals surface area contributed by atoms with E-state index in [0.717, 1.165) is 19.4 Å². The van der Waals surface area contributed by atoms with Crippen LogP contribution < -0.4 is 5.32 Å². The number of nitrogens with one attached hydrogen (secondary N) is 1. The number of rotatable bonds is 4. The molecule has 0 aromatic carbocycles. The van der Waals surface area contributed by atoms with Crippen molar-refractivity contribution in [1.29, 1.82) is 0 Å². The monoisotopic (exact) mass is 321 g/mol. The maximum Gasteiger partial charge on any atom is 0.239 e. The van der Waals surface area contributed by atoms with Crippen molar-refractivity contribution < 1.29 is 9.32 Å². The maximum absolute atomic E-state index is 12.1. The number of carbonyl (C=O) groups is 1. The third-order valence-electron chi connectivity index (χ3n) is 3.55.